The number of ether oxygens (including phenoxy) is 1. The Morgan fingerprint density at radius 1 is 1.19 bits per heavy atom. The van der Waals surface area contributed by atoms with Gasteiger partial charge in [0.25, 0.3) is 0 Å². The molecule has 0 amide bonds. The molecule has 0 atom stereocenters. The minimum Gasteiger partial charge on any atom is -0.497 e. The maximum absolute atomic E-state index is 12.4. The Bertz CT molecular complexity index is 1370. The zero-order valence-electron chi connectivity index (χ0n) is 13.5. The summed E-state index contributed by atoms with van der Waals surface area (Å²) in [6.07, 6.45) is 1.85. The van der Waals surface area contributed by atoms with Gasteiger partial charge in [0.1, 0.15) is 11.3 Å². The lowest BCUT2D eigenvalue weighted by molar-refractivity contribution is 0.415. The molecule has 5 rings (SSSR count). The van der Waals surface area contributed by atoms with Crippen molar-refractivity contribution in [2.45, 2.75) is 0 Å². The van der Waals surface area contributed by atoms with Gasteiger partial charge in [-0.25, -0.2) is 9.78 Å². The maximum Gasteiger partial charge on any atom is 0.345 e. The number of hydrogen-bond acceptors (Lipinski definition) is 5. The van der Waals surface area contributed by atoms with Crippen molar-refractivity contribution in [3.05, 3.63) is 64.1 Å². The van der Waals surface area contributed by atoms with Crippen molar-refractivity contribution in [3.8, 4) is 17.0 Å². The van der Waals surface area contributed by atoms with Crippen molar-refractivity contribution >= 4 is 49.1 Å². The smallest absolute Gasteiger partial charge is 0.345 e. The van der Waals surface area contributed by atoms with E-state index in [1.807, 2.05) is 28.8 Å². The molecular formula is C19H11ClN2O3S. The number of rotatable bonds is 2. The largest absolute Gasteiger partial charge is 0.497 e. The SMILES string of the molecule is COc1ccc2c(c1)sc1nc(-c3cc4cc(Cl)ccc4oc3=O)cn12. The Balaban J connectivity index is 1.72. The second-order valence-corrected chi connectivity index (χ2v) is 7.29. The number of imidazole rings is 1. The van der Waals surface area contributed by atoms with Crippen LogP contribution in [0.5, 0.6) is 5.75 Å². The summed E-state index contributed by atoms with van der Waals surface area (Å²) in [6, 6.07) is 12.8. The summed E-state index contributed by atoms with van der Waals surface area (Å²) in [5.74, 6) is 0.800. The highest BCUT2D eigenvalue weighted by Crippen LogP contribution is 2.31. The van der Waals surface area contributed by atoms with E-state index in [9.17, 15) is 4.79 Å². The van der Waals surface area contributed by atoms with Crippen LogP contribution in [-0.2, 0) is 0 Å². The predicted molar refractivity (Wildman–Crippen MR) is 104 cm³/mol. The monoisotopic (exact) mass is 382 g/mol. The molecule has 3 aromatic heterocycles. The lowest BCUT2D eigenvalue weighted by Crippen LogP contribution is -2.02. The van der Waals surface area contributed by atoms with Crippen LogP contribution in [0.3, 0.4) is 0 Å². The van der Waals surface area contributed by atoms with Gasteiger partial charge in [-0.15, -0.1) is 0 Å². The van der Waals surface area contributed by atoms with Gasteiger partial charge >= 0.3 is 5.63 Å². The van der Waals surface area contributed by atoms with Crippen molar-refractivity contribution in [2.24, 2.45) is 0 Å². The molecule has 0 unspecified atom stereocenters. The minimum absolute atomic E-state index is 0.414. The third-order valence-electron chi connectivity index (χ3n) is 4.27. The van der Waals surface area contributed by atoms with Crippen LogP contribution in [0.1, 0.15) is 0 Å². The molecule has 26 heavy (non-hydrogen) atoms. The summed E-state index contributed by atoms with van der Waals surface area (Å²) in [5.41, 5.74) is 2.08. The number of aromatic nitrogens is 2. The highest BCUT2D eigenvalue weighted by molar-refractivity contribution is 7.23. The number of halogens is 1. The van der Waals surface area contributed by atoms with Gasteiger partial charge in [0.15, 0.2) is 4.96 Å². The Morgan fingerprint density at radius 2 is 2.08 bits per heavy atom. The van der Waals surface area contributed by atoms with Crippen LogP contribution in [0, 0.1) is 0 Å². The van der Waals surface area contributed by atoms with E-state index in [0.29, 0.717) is 21.9 Å². The molecule has 0 saturated heterocycles. The Morgan fingerprint density at radius 3 is 2.92 bits per heavy atom. The second kappa shape index (κ2) is 5.59. The fourth-order valence-electron chi connectivity index (χ4n) is 3.01. The number of nitrogens with zero attached hydrogens (tertiary/aromatic N) is 2. The highest BCUT2D eigenvalue weighted by atomic mass is 35.5. The van der Waals surface area contributed by atoms with Crippen molar-refractivity contribution in [1.29, 1.82) is 0 Å². The van der Waals surface area contributed by atoms with Gasteiger partial charge in [-0.05, 0) is 42.5 Å². The lowest BCUT2D eigenvalue weighted by atomic mass is 10.1. The maximum atomic E-state index is 12.4. The van der Waals surface area contributed by atoms with Crippen LogP contribution < -0.4 is 10.4 Å². The average Bonchev–Trinajstić information content (AvgIpc) is 3.18. The van der Waals surface area contributed by atoms with E-state index in [1.54, 1.807) is 31.4 Å². The van der Waals surface area contributed by atoms with Crippen molar-refractivity contribution < 1.29 is 9.15 Å². The molecule has 2 aromatic carbocycles. The molecule has 0 radical (unpaired) electrons. The van der Waals surface area contributed by atoms with Gasteiger partial charge in [-0.1, -0.05) is 22.9 Å². The van der Waals surface area contributed by atoms with Crippen molar-refractivity contribution in [1.82, 2.24) is 9.38 Å². The van der Waals surface area contributed by atoms with E-state index >= 15 is 0 Å². The molecule has 0 bridgehead atoms. The van der Waals surface area contributed by atoms with E-state index in [2.05, 4.69) is 4.98 Å². The molecular weight excluding hydrogens is 372 g/mol. The summed E-state index contributed by atoms with van der Waals surface area (Å²) >= 11 is 7.58. The molecule has 0 spiro atoms. The number of fused-ring (bicyclic) bond motifs is 4. The first-order chi connectivity index (χ1) is 12.6. The van der Waals surface area contributed by atoms with Crippen LogP contribution in [0.25, 0.3) is 37.4 Å². The summed E-state index contributed by atoms with van der Waals surface area (Å²) in [6.45, 7) is 0. The molecule has 0 fully saturated rings. The van der Waals surface area contributed by atoms with Gasteiger partial charge in [-0.2, -0.15) is 0 Å². The Kier molecular flexibility index (Phi) is 3.32. The first kappa shape index (κ1) is 15.4. The zero-order valence-corrected chi connectivity index (χ0v) is 15.1. The van der Waals surface area contributed by atoms with Gasteiger partial charge < -0.3 is 9.15 Å². The molecule has 3 heterocycles. The van der Waals surface area contributed by atoms with Crippen LogP contribution in [0.4, 0.5) is 0 Å². The van der Waals surface area contributed by atoms with Gasteiger partial charge in [0.05, 0.1) is 28.6 Å². The summed E-state index contributed by atoms with van der Waals surface area (Å²) < 4.78 is 13.7. The molecule has 0 saturated carbocycles. The summed E-state index contributed by atoms with van der Waals surface area (Å²) in [4.78, 5) is 17.8. The van der Waals surface area contributed by atoms with E-state index < -0.39 is 5.63 Å². The van der Waals surface area contributed by atoms with Crippen molar-refractivity contribution in [2.75, 3.05) is 7.11 Å². The molecule has 5 aromatic rings. The Hall–Kier alpha value is -2.83. The zero-order chi connectivity index (χ0) is 17.8. The van der Waals surface area contributed by atoms with E-state index in [1.165, 1.54) is 11.3 Å². The number of methoxy groups -OCH3 is 1. The standard InChI is InChI=1S/C19H11ClN2O3S/c1-24-12-3-4-15-17(8-12)26-19-21-14(9-22(15)19)13-7-10-6-11(20)2-5-16(10)25-18(13)23/h2-9H,1H3. The first-order valence-corrected chi connectivity index (χ1v) is 9.01. The van der Waals surface area contributed by atoms with Crippen molar-refractivity contribution in [3.63, 3.8) is 0 Å². The van der Waals surface area contributed by atoms with Crippen LogP contribution >= 0.6 is 22.9 Å². The van der Waals surface area contributed by atoms with Crippen LogP contribution in [0.15, 0.2) is 57.9 Å². The molecule has 7 heteroatoms. The minimum atomic E-state index is -0.420. The Labute approximate surface area is 156 Å². The van der Waals surface area contributed by atoms with E-state index in [-0.39, 0.29) is 0 Å². The van der Waals surface area contributed by atoms with Gasteiger partial charge in [-0.3, -0.25) is 4.40 Å². The fourth-order valence-corrected chi connectivity index (χ4v) is 4.23. The first-order valence-electron chi connectivity index (χ1n) is 7.82. The van der Waals surface area contributed by atoms with E-state index in [4.69, 9.17) is 20.8 Å². The topological polar surface area (TPSA) is 56.7 Å². The van der Waals surface area contributed by atoms with E-state index in [0.717, 1.165) is 26.3 Å². The molecule has 0 aliphatic carbocycles. The average molecular weight is 383 g/mol. The number of thiazole rings is 1. The molecule has 0 aliphatic heterocycles. The molecule has 0 N–H and O–H groups in total. The normalized spacial score (nSPS) is 11.6. The third kappa shape index (κ3) is 2.30. The number of benzene rings is 2. The quantitative estimate of drug-likeness (QED) is 0.404. The lowest BCUT2D eigenvalue weighted by Gasteiger charge is -2.00. The molecule has 5 nitrogen and oxygen atoms in total. The van der Waals surface area contributed by atoms with Gasteiger partial charge in [0, 0.05) is 16.6 Å². The number of hydrogen-bond donors (Lipinski definition) is 0. The second-order valence-electron chi connectivity index (χ2n) is 5.84. The van der Waals surface area contributed by atoms with Gasteiger partial charge in [0.2, 0.25) is 0 Å². The summed E-state index contributed by atoms with van der Waals surface area (Å²) in [7, 11) is 1.64. The summed E-state index contributed by atoms with van der Waals surface area (Å²) in [5, 5.41) is 1.35. The predicted octanol–water partition coefficient (Wildman–Crippen LogP) is 4.98. The highest BCUT2D eigenvalue weighted by Gasteiger charge is 2.15. The molecule has 0 aliphatic rings. The fraction of sp³-hybridized carbons (Fsp3) is 0.0526. The third-order valence-corrected chi connectivity index (χ3v) is 5.52. The van der Waals surface area contributed by atoms with Crippen LogP contribution in [-0.4, -0.2) is 16.5 Å². The molecule has 128 valence electrons. The van der Waals surface area contributed by atoms with Crippen LogP contribution in [0.2, 0.25) is 5.02 Å².